The summed E-state index contributed by atoms with van der Waals surface area (Å²) in [6.07, 6.45) is 0. The van der Waals surface area contributed by atoms with E-state index in [0.717, 1.165) is 0 Å². The van der Waals surface area contributed by atoms with Crippen LogP contribution < -0.4 is 0 Å². The molecule has 0 heterocycles. The summed E-state index contributed by atoms with van der Waals surface area (Å²) in [7, 11) is 0. The van der Waals surface area contributed by atoms with Gasteiger partial charge in [-0.2, -0.15) is 0 Å². The molecule has 0 aliphatic heterocycles. The van der Waals surface area contributed by atoms with Crippen LogP contribution in [-0.4, -0.2) is 5.25 Å². The molecule has 0 unspecified atom stereocenters. The van der Waals surface area contributed by atoms with Crippen molar-refractivity contribution in [1.29, 1.82) is 0 Å². The Kier molecular flexibility index (Phi) is 4.03. The Hall–Kier alpha value is -0.0900. The molecule has 0 spiro atoms. The van der Waals surface area contributed by atoms with Crippen molar-refractivity contribution in [3.05, 3.63) is 0 Å². The van der Waals surface area contributed by atoms with Crippen LogP contribution in [0.15, 0.2) is 0 Å². The van der Waals surface area contributed by atoms with Gasteiger partial charge in [0, 0.05) is 5.25 Å². The van der Waals surface area contributed by atoms with Crippen LogP contribution in [0, 0.1) is 11.2 Å². The van der Waals surface area contributed by atoms with Gasteiger partial charge in [0.15, 0.2) is 0 Å². The van der Waals surface area contributed by atoms with Gasteiger partial charge in [0.2, 0.25) is 0 Å². The zero-order valence-corrected chi connectivity index (χ0v) is 5.80. The van der Waals surface area contributed by atoms with E-state index in [9.17, 15) is 0 Å². The first kappa shape index (κ1) is 6.91. The van der Waals surface area contributed by atoms with Crippen LogP contribution in [-0.2, 0) is 0 Å². The van der Waals surface area contributed by atoms with E-state index in [1.165, 1.54) is 0 Å². The number of rotatable bonds is 1. The molecule has 0 radical (unpaired) electrons. The SMILES string of the molecule is CC#CSC(C)C. The Morgan fingerprint density at radius 2 is 2.00 bits per heavy atom. The van der Waals surface area contributed by atoms with Gasteiger partial charge in [-0.3, -0.25) is 0 Å². The van der Waals surface area contributed by atoms with Crippen LogP contribution in [0.3, 0.4) is 0 Å². The molecule has 0 saturated heterocycles. The lowest BCUT2D eigenvalue weighted by atomic mass is 10.6. The molecule has 0 atom stereocenters. The van der Waals surface area contributed by atoms with Gasteiger partial charge < -0.3 is 0 Å². The molecule has 0 nitrogen and oxygen atoms in total. The van der Waals surface area contributed by atoms with Gasteiger partial charge in [0.05, 0.1) is 0 Å². The van der Waals surface area contributed by atoms with E-state index < -0.39 is 0 Å². The van der Waals surface area contributed by atoms with Gasteiger partial charge in [-0.05, 0) is 12.2 Å². The van der Waals surface area contributed by atoms with Gasteiger partial charge in [0.1, 0.15) is 0 Å². The highest BCUT2D eigenvalue weighted by Crippen LogP contribution is 2.04. The monoisotopic (exact) mass is 114 g/mol. The summed E-state index contributed by atoms with van der Waals surface area (Å²) in [5.74, 6) is 2.81. The molecule has 0 aromatic carbocycles. The summed E-state index contributed by atoms with van der Waals surface area (Å²) in [4.78, 5) is 0. The zero-order valence-electron chi connectivity index (χ0n) is 4.99. The second kappa shape index (κ2) is 4.08. The van der Waals surface area contributed by atoms with Crippen LogP contribution >= 0.6 is 11.8 Å². The van der Waals surface area contributed by atoms with Gasteiger partial charge in [-0.15, -0.1) is 0 Å². The summed E-state index contributed by atoms with van der Waals surface area (Å²) in [5.41, 5.74) is 0. The third-order valence-electron chi connectivity index (χ3n) is 0.397. The van der Waals surface area contributed by atoms with Gasteiger partial charge in [0.25, 0.3) is 0 Å². The molecule has 0 N–H and O–H groups in total. The molecular weight excluding hydrogens is 104 g/mol. The first-order valence-corrected chi connectivity index (χ1v) is 3.22. The topological polar surface area (TPSA) is 0 Å². The third-order valence-corrected chi connectivity index (χ3v) is 1.19. The fourth-order valence-electron chi connectivity index (χ4n) is 0.177. The van der Waals surface area contributed by atoms with Crippen molar-refractivity contribution < 1.29 is 0 Å². The maximum atomic E-state index is 2.91. The molecule has 1 heteroatoms. The maximum absolute atomic E-state index is 2.91. The Morgan fingerprint density at radius 3 is 2.14 bits per heavy atom. The van der Waals surface area contributed by atoms with Crippen LogP contribution in [0.1, 0.15) is 20.8 Å². The van der Waals surface area contributed by atoms with Crippen molar-refractivity contribution in [1.82, 2.24) is 0 Å². The van der Waals surface area contributed by atoms with Crippen LogP contribution in [0.2, 0.25) is 0 Å². The average Bonchev–Trinajstić information content (AvgIpc) is 1.61. The van der Waals surface area contributed by atoms with E-state index in [2.05, 4.69) is 25.0 Å². The molecule has 0 amide bonds. The fourth-order valence-corrected chi connectivity index (χ4v) is 0.530. The lowest BCUT2D eigenvalue weighted by Crippen LogP contribution is -1.79. The molecule has 7 heavy (non-hydrogen) atoms. The molecule has 0 rings (SSSR count). The smallest absolute Gasteiger partial charge is 0.0114 e. The number of hydrogen-bond donors (Lipinski definition) is 0. The van der Waals surface area contributed by atoms with Gasteiger partial charge in [-0.1, -0.05) is 31.5 Å². The third kappa shape index (κ3) is 5.91. The Bertz CT molecular complexity index is 84.1. The standard InChI is InChI=1S/C6H10S/c1-4-5-7-6(2)3/h6H,1-3H3. The number of thioether (sulfide) groups is 1. The summed E-state index contributed by atoms with van der Waals surface area (Å²) >= 11 is 1.67. The molecule has 0 fully saturated rings. The van der Waals surface area contributed by atoms with Crippen molar-refractivity contribution in [3.8, 4) is 11.2 Å². The summed E-state index contributed by atoms with van der Waals surface area (Å²) in [5, 5.41) is 3.56. The van der Waals surface area contributed by atoms with E-state index in [4.69, 9.17) is 0 Å². The quantitative estimate of drug-likeness (QED) is 0.470. The molecule has 0 aliphatic rings. The van der Waals surface area contributed by atoms with E-state index in [1.807, 2.05) is 6.92 Å². The first-order valence-electron chi connectivity index (χ1n) is 2.34. The Balaban J connectivity index is 3.08. The molecular formula is C6H10S. The van der Waals surface area contributed by atoms with E-state index in [-0.39, 0.29) is 0 Å². The zero-order chi connectivity index (χ0) is 5.70. The van der Waals surface area contributed by atoms with Crippen molar-refractivity contribution in [2.75, 3.05) is 0 Å². The van der Waals surface area contributed by atoms with Crippen molar-refractivity contribution >= 4 is 11.8 Å². The highest BCUT2D eigenvalue weighted by molar-refractivity contribution is 8.04. The van der Waals surface area contributed by atoms with E-state index >= 15 is 0 Å². The summed E-state index contributed by atoms with van der Waals surface area (Å²) in [6, 6.07) is 0. The normalized spacial score (nSPS) is 8.00. The molecule has 0 saturated carbocycles. The van der Waals surface area contributed by atoms with Crippen molar-refractivity contribution in [3.63, 3.8) is 0 Å². The summed E-state index contributed by atoms with van der Waals surface area (Å²) in [6.45, 7) is 6.12. The minimum absolute atomic E-state index is 0.646. The average molecular weight is 114 g/mol. The molecule has 0 aliphatic carbocycles. The van der Waals surface area contributed by atoms with E-state index in [0.29, 0.717) is 5.25 Å². The lowest BCUT2D eigenvalue weighted by Gasteiger charge is -1.90. The molecule has 0 aromatic heterocycles. The second-order valence-electron chi connectivity index (χ2n) is 1.52. The van der Waals surface area contributed by atoms with Crippen molar-refractivity contribution in [2.45, 2.75) is 26.0 Å². The Labute approximate surface area is 49.7 Å². The number of hydrogen-bond acceptors (Lipinski definition) is 1. The lowest BCUT2D eigenvalue weighted by molar-refractivity contribution is 1.12. The van der Waals surface area contributed by atoms with Crippen LogP contribution in [0.5, 0.6) is 0 Å². The second-order valence-corrected chi connectivity index (χ2v) is 2.90. The first-order chi connectivity index (χ1) is 3.27. The van der Waals surface area contributed by atoms with Crippen LogP contribution in [0.25, 0.3) is 0 Å². The Morgan fingerprint density at radius 1 is 1.43 bits per heavy atom. The van der Waals surface area contributed by atoms with Crippen LogP contribution in [0.4, 0.5) is 0 Å². The predicted molar refractivity (Wildman–Crippen MR) is 36.2 cm³/mol. The highest BCUT2D eigenvalue weighted by atomic mass is 32.2. The minimum atomic E-state index is 0.646. The minimum Gasteiger partial charge on any atom is -0.0947 e. The predicted octanol–water partition coefficient (Wildman–Crippen LogP) is 2.11. The summed E-state index contributed by atoms with van der Waals surface area (Å²) < 4.78 is 0. The fraction of sp³-hybridized carbons (Fsp3) is 0.667. The maximum Gasteiger partial charge on any atom is 0.0114 e. The van der Waals surface area contributed by atoms with Gasteiger partial charge >= 0.3 is 0 Å². The highest BCUT2D eigenvalue weighted by Gasteiger charge is 1.84. The van der Waals surface area contributed by atoms with Gasteiger partial charge in [-0.25, -0.2) is 0 Å². The molecule has 40 valence electrons. The van der Waals surface area contributed by atoms with Crippen molar-refractivity contribution in [2.24, 2.45) is 0 Å². The van der Waals surface area contributed by atoms with E-state index in [1.54, 1.807) is 11.8 Å². The molecule has 0 aromatic rings. The molecule has 0 bridgehead atoms. The largest absolute Gasteiger partial charge is 0.0947 e.